The Morgan fingerprint density at radius 3 is 2.43 bits per heavy atom. The molecule has 0 saturated carbocycles. The molecule has 2 saturated heterocycles. The molecule has 0 amide bonds. The molecular weight excluding hydrogens is 192 g/mol. The van der Waals surface area contributed by atoms with E-state index in [-0.39, 0.29) is 13.0 Å². The molecule has 4 N–H and O–H groups in total. The molecular formula is C8H14O6. The fourth-order valence-electron chi connectivity index (χ4n) is 1.96. The molecule has 2 fully saturated rings. The van der Waals surface area contributed by atoms with Crippen molar-refractivity contribution in [2.75, 3.05) is 6.61 Å². The predicted molar refractivity (Wildman–Crippen MR) is 43.3 cm³/mol. The van der Waals surface area contributed by atoms with E-state index in [4.69, 9.17) is 19.7 Å². The van der Waals surface area contributed by atoms with Crippen molar-refractivity contribution in [1.29, 1.82) is 0 Å². The molecule has 0 aliphatic carbocycles. The van der Waals surface area contributed by atoms with Crippen molar-refractivity contribution in [3.8, 4) is 0 Å². The van der Waals surface area contributed by atoms with E-state index in [0.29, 0.717) is 0 Å². The maximum atomic E-state index is 9.59. The molecule has 0 aromatic carbocycles. The summed E-state index contributed by atoms with van der Waals surface area (Å²) in [5.41, 5.74) is 0. The summed E-state index contributed by atoms with van der Waals surface area (Å²) in [5.74, 6) is 0. The smallest absolute Gasteiger partial charge is 0.157 e. The first-order valence-corrected chi connectivity index (χ1v) is 4.59. The van der Waals surface area contributed by atoms with Crippen molar-refractivity contribution < 1.29 is 29.9 Å². The Morgan fingerprint density at radius 1 is 1.07 bits per heavy atom. The van der Waals surface area contributed by atoms with Crippen LogP contribution in [0.1, 0.15) is 6.42 Å². The molecule has 6 nitrogen and oxygen atoms in total. The highest BCUT2D eigenvalue weighted by molar-refractivity contribution is 4.96. The highest BCUT2D eigenvalue weighted by atomic mass is 16.7. The van der Waals surface area contributed by atoms with Gasteiger partial charge >= 0.3 is 0 Å². The van der Waals surface area contributed by atoms with Gasteiger partial charge in [-0.05, 0) is 0 Å². The fourth-order valence-corrected chi connectivity index (χ4v) is 1.96. The molecule has 0 spiro atoms. The van der Waals surface area contributed by atoms with Crippen LogP contribution in [0.15, 0.2) is 0 Å². The minimum absolute atomic E-state index is 0.255. The Morgan fingerprint density at radius 2 is 1.79 bits per heavy atom. The summed E-state index contributed by atoms with van der Waals surface area (Å²) in [7, 11) is 0. The van der Waals surface area contributed by atoms with Gasteiger partial charge in [-0.25, -0.2) is 0 Å². The second-order valence-electron chi connectivity index (χ2n) is 3.67. The van der Waals surface area contributed by atoms with Gasteiger partial charge in [-0.3, -0.25) is 0 Å². The lowest BCUT2D eigenvalue weighted by Gasteiger charge is -2.38. The van der Waals surface area contributed by atoms with Gasteiger partial charge in [0.1, 0.15) is 24.4 Å². The Balaban J connectivity index is 2.09. The first kappa shape index (κ1) is 10.3. The molecule has 14 heavy (non-hydrogen) atoms. The largest absolute Gasteiger partial charge is 0.394 e. The Labute approximate surface area is 80.7 Å². The maximum Gasteiger partial charge on any atom is 0.157 e. The summed E-state index contributed by atoms with van der Waals surface area (Å²) < 4.78 is 10.2. The fraction of sp³-hybridized carbons (Fsp3) is 1.00. The molecule has 2 aliphatic heterocycles. The number of aliphatic hydroxyl groups is 4. The van der Waals surface area contributed by atoms with E-state index in [0.717, 1.165) is 0 Å². The van der Waals surface area contributed by atoms with Crippen LogP contribution in [0.4, 0.5) is 0 Å². The van der Waals surface area contributed by atoms with Crippen molar-refractivity contribution in [3.05, 3.63) is 0 Å². The van der Waals surface area contributed by atoms with E-state index >= 15 is 0 Å². The second-order valence-corrected chi connectivity index (χ2v) is 3.67. The Bertz CT molecular complexity index is 208. The van der Waals surface area contributed by atoms with Gasteiger partial charge in [0.05, 0.1) is 12.7 Å². The monoisotopic (exact) mass is 206 g/mol. The van der Waals surface area contributed by atoms with Crippen LogP contribution in [0, 0.1) is 0 Å². The average molecular weight is 206 g/mol. The third kappa shape index (κ3) is 1.54. The Kier molecular flexibility index (Phi) is 2.74. The van der Waals surface area contributed by atoms with Gasteiger partial charge in [-0.2, -0.15) is 0 Å². The van der Waals surface area contributed by atoms with Crippen molar-refractivity contribution in [1.82, 2.24) is 0 Å². The third-order valence-corrected chi connectivity index (χ3v) is 2.71. The zero-order valence-electron chi connectivity index (χ0n) is 7.48. The number of aliphatic hydroxyl groups excluding tert-OH is 4. The van der Waals surface area contributed by atoms with Crippen molar-refractivity contribution in [3.63, 3.8) is 0 Å². The van der Waals surface area contributed by atoms with Crippen LogP contribution in [0.3, 0.4) is 0 Å². The van der Waals surface area contributed by atoms with Gasteiger partial charge in [0.2, 0.25) is 0 Å². The second kappa shape index (κ2) is 3.73. The van der Waals surface area contributed by atoms with E-state index < -0.39 is 36.8 Å². The van der Waals surface area contributed by atoms with E-state index in [1.807, 2.05) is 0 Å². The first-order valence-electron chi connectivity index (χ1n) is 4.59. The first-order chi connectivity index (χ1) is 6.63. The van der Waals surface area contributed by atoms with Gasteiger partial charge in [0, 0.05) is 6.42 Å². The van der Waals surface area contributed by atoms with E-state index in [9.17, 15) is 10.2 Å². The summed E-state index contributed by atoms with van der Waals surface area (Å²) in [4.78, 5) is 0. The van der Waals surface area contributed by atoms with Crippen LogP contribution in [0.5, 0.6) is 0 Å². The summed E-state index contributed by atoms with van der Waals surface area (Å²) in [6.07, 6.45) is -4.98. The Hall–Kier alpha value is -0.240. The highest BCUT2D eigenvalue weighted by Gasteiger charge is 2.49. The van der Waals surface area contributed by atoms with E-state index in [1.165, 1.54) is 0 Å². The van der Waals surface area contributed by atoms with Crippen molar-refractivity contribution >= 4 is 0 Å². The van der Waals surface area contributed by atoms with Crippen LogP contribution < -0.4 is 0 Å². The zero-order valence-corrected chi connectivity index (χ0v) is 7.48. The van der Waals surface area contributed by atoms with Crippen molar-refractivity contribution in [2.24, 2.45) is 0 Å². The van der Waals surface area contributed by atoms with Gasteiger partial charge in [0.15, 0.2) is 6.29 Å². The maximum absolute atomic E-state index is 9.59. The van der Waals surface area contributed by atoms with Gasteiger partial charge < -0.3 is 29.9 Å². The zero-order chi connectivity index (χ0) is 10.3. The molecule has 0 aromatic rings. The lowest BCUT2D eigenvalue weighted by molar-refractivity contribution is -0.226. The summed E-state index contributed by atoms with van der Waals surface area (Å²) in [6, 6.07) is 0. The van der Waals surface area contributed by atoms with Crippen molar-refractivity contribution in [2.45, 2.75) is 43.2 Å². The highest BCUT2D eigenvalue weighted by Crippen LogP contribution is 2.32. The molecule has 1 unspecified atom stereocenters. The molecule has 0 bridgehead atoms. The number of rotatable bonds is 1. The SMILES string of the molecule is OC[C@H]1O[C@@H]2CC(O)O[C@@H]2[C@@H](O)[C@@H]1O. The minimum atomic E-state index is -1.17. The molecule has 2 heterocycles. The lowest BCUT2D eigenvalue weighted by Crippen LogP contribution is -2.57. The normalized spacial score (nSPS) is 53.1. The summed E-state index contributed by atoms with van der Waals surface area (Å²) >= 11 is 0. The van der Waals surface area contributed by atoms with E-state index in [2.05, 4.69) is 0 Å². The van der Waals surface area contributed by atoms with Crippen LogP contribution in [0.25, 0.3) is 0 Å². The lowest BCUT2D eigenvalue weighted by atomic mass is 9.95. The van der Waals surface area contributed by atoms with Crippen LogP contribution in [-0.4, -0.2) is 63.8 Å². The van der Waals surface area contributed by atoms with Gasteiger partial charge in [-0.1, -0.05) is 0 Å². The molecule has 0 aromatic heterocycles. The number of hydrogen-bond acceptors (Lipinski definition) is 6. The van der Waals surface area contributed by atoms with Crippen LogP contribution in [-0.2, 0) is 9.47 Å². The number of ether oxygens (including phenoxy) is 2. The average Bonchev–Trinajstić information content (AvgIpc) is 2.52. The molecule has 6 atom stereocenters. The van der Waals surface area contributed by atoms with E-state index in [1.54, 1.807) is 0 Å². The van der Waals surface area contributed by atoms with Crippen LogP contribution >= 0.6 is 0 Å². The standard InChI is InChI=1S/C8H14O6/c9-2-4-6(11)7(12)8-3(13-4)1-5(10)14-8/h3-12H,1-2H2/t3-,4-,5?,6-,7+,8+/m1/s1. The molecule has 2 aliphatic rings. The summed E-state index contributed by atoms with van der Waals surface area (Å²) in [6.45, 7) is -0.364. The van der Waals surface area contributed by atoms with Crippen LogP contribution in [0.2, 0.25) is 0 Å². The van der Waals surface area contributed by atoms with Gasteiger partial charge in [0.25, 0.3) is 0 Å². The number of fused-ring (bicyclic) bond motifs is 1. The molecule has 0 radical (unpaired) electrons. The minimum Gasteiger partial charge on any atom is -0.394 e. The molecule has 2 rings (SSSR count). The molecule has 82 valence electrons. The number of hydrogen-bond donors (Lipinski definition) is 4. The summed E-state index contributed by atoms with van der Waals surface area (Å²) in [5, 5.41) is 37.1. The van der Waals surface area contributed by atoms with Gasteiger partial charge in [-0.15, -0.1) is 0 Å². The third-order valence-electron chi connectivity index (χ3n) is 2.71. The molecule has 6 heteroatoms. The predicted octanol–water partition coefficient (Wildman–Crippen LogP) is -2.42. The quantitative estimate of drug-likeness (QED) is 0.381. The topological polar surface area (TPSA) is 99.4 Å².